The molecule has 0 spiro atoms. The van der Waals surface area contributed by atoms with Gasteiger partial charge in [0, 0.05) is 26.7 Å². The first-order valence-corrected chi connectivity index (χ1v) is 10.4. The summed E-state index contributed by atoms with van der Waals surface area (Å²) < 4.78 is 40.4. The third kappa shape index (κ3) is 4.54. The van der Waals surface area contributed by atoms with Crippen LogP contribution in [0.1, 0.15) is 23.8 Å². The van der Waals surface area contributed by atoms with Crippen molar-refractivity contribution in [3.05, 3.63) is 70.9 Å². The fraction of sp³-hybridized carbons (Fsp3) is 0.273. The minimum absolute atomic E-state index is 0.0846. The van der Waals surface area contributed by atoms with Crippen LogP contribution in [-0.4, -0.2) is 27.0 Å². The molecule has 1 aromatic heterocycles. The zero-order valence-corrected chi connectivity index (χ0v) is 17.7. The number of aliphatic hydroxyl groups excluding tert-OH is 1. The van der Waals surface area contributed by atoms with Gasteiger partial charge in [-0.3, -0.25) is 0 Å². The molecule has 166 valence electrons. The van der Waals surface area contributed by atoms with Crippen LogP contribution in [0, 0.1) is 0 Å². The number of hydrogen-bond donors (Lipinski definition) is 4. The minimum Gasteiger partial charge on any atom is -0.398 e. The summed E-state index contributed by atoms with van der Waals surface area (Å²) in [7, 11) is 0. The highest BCUT2D eigenvalue weighted by atomic mass is 32.1. The Morgan fingerprint density at radius 1 is 1.16 bits per heavy atom. The normalized spacial score (nSPS) is 14.6. The second-order valence-electron chi connectivity index (χ2n) is 7.22. The van der Waals surface area contributed by atoms with Gasteiger partial charge in [-0.25, -0.2) is 5.84 Å². The summed E-state index contributed by atoms with van der Waals surface area (Å²) in [5.41, 5.74) is 4.34. The Morgan fingerprint density at radius 3 is 2.42 bits per heavy atom. The van der Waals surface area contributed by atoms with E-state index in [2.05, 4.69) is 0 Å². The van der Waals surface area contributed by atoms with Gasteiger partial charge in [0.1, 0.15) is 0 Å². The summed E-state index contributed by atoms with van der Waals surface area (Å²) in [6.45, 7) is 1.18. The van der Waals surface area contributed by atoms with Crippen molar-refractivity contribution in [2.24, 2.45) is 11.6 Å². The van der Waals surface area contributed by atoms with Crippen molar-refractivity contribution < 1.29 is 23.4 Å². The molecule has 1 unspecified atom stereocenters. The van der Waals surface area contributed by atoms with Gasteiger partial charge in [0.05, 0.1) is 18.8 Å². The van der Waals surface area contributed by atoms with Gasteiger partial charge in [0.2, 0.25) is 5.60 Å². The van der Waals surface area contributed by atoms with Crippen LogP contribution in [0.3, 0.4) is 0 Å². The van der Waals surface area contributed by atoms with Crippen LogP contribution in [0.15, 0.2) is 60.4 Å². The molecule has 3 aromatic rings. The summed E-state index contributed by atoms with van der Waals surface area (Å²) in [5, 5.41) is 21.7. The third-order valence-electron chi connectivity index (χ3n) is 5.16. The van der Waals surface area contributed by atoms with Gasteiger partial charge in [0.25, 0.3) is 0 Å². The van der Waals surface area contributed by atoms with Crippen LogP contribution in [0.25, 0.3) is 21.2 Å². The Balaban J connectivity index is 1.89. The van der Waals surface area contributed by atoms with E-state index in [-0.39, 0.29) is 13.2 Å². The molecule has 0 amide bonds. The maximum Gasteiger partial charge on any atom is 0.422 e. The Morgan fingerprint density at radius 2 is 1.84 bits per heavy atom. The van der Waals surface area contributed by atoms with Crippen molar-refractivity contribution in [3.8, 4) is 11.1 Å². The molecular weight excluding hydrogens is 427 g/mol. The molecule has 0 fully saturated rings. The number of hydrazine groups is 1. The molecule has 6 N–H and O–H groups in total. The predicted octanol–water partition coefficient (Wildman–Crippen LogP) is 4.24. The van der Waals surface area contributed by atoms with Crippen LogP contribution < -0.4 is 11.6 Å². The largest absolute Gasteiger partial charge is 0.422 e. The molecular formula is C22H24F3N3O2S. The first-order valence-electron chi connectivity index (χ1n) is 9.59. The number of nitrogens with two attached hydrogens (primary N) is 2. The number of fused-ring (bicyclic) bond motifs is 1. The predicted molar refractivity (Wildman–Crippen MR) is 116 cm³/mol. The molecule has 0 saturated heterocycles. The molecule has 1 heterocycles. The zero-order chi connectivity index (χ0) is 22.8. The maximum absolute atomic E-state index is 13.2. The number of rotatable bonds is 7. The van der Waals surface area contributed by atoms with Crippen LogP contribution in [0.5, 0.6) is 0 Å². The molecule has 31 heavy (non-hydrogen) atoms. The molecule has 0 aliphatic rings. The molecule has 0 aliphatic heterocycles. The van der Waals surface area contributed by atoms with E-state index in [1.807, 2.05) is 48.5 Å². The monoisotopic (exact) mass is 451 g/mol. The molecule has 5 nitrogen and oxygen atoms in total. The summed E-state index contributed by atoms with van der Waals surface area (Å²) in [6.07, 6.45) is -4.63. The lowest BCUT2D eigenvalue weighted by Gasteiger charge is -2.30. The average molecular weight is 452 g/mol. The lowest BCUT2D eigenvalue weighted by Crippen LogP contribution is -2.49. The fourth-order valence-corrected chi connectivity index (χ4v) is 4.58. The number of benzene rings is 2. The molecule has 0 aliphatic carbocycles. The lowest BCUT2D eigenvalue weighted by atomic mass is 9.96. The highest BCUT2D eigenvalue weighted by Crippen LogP contribution is 2.40. The van der Waals surface area contributed by atoms with Crippen molar-refractivity contribution in [2.45, 2.75) is 38.3 Å². The average Bonchev–Trinajstić information content (AvgIpc) is 3.10. The number of nitrogens with zero attached hydrogens (tertiary/aromatic N) is 1. The Bertz CT molecular complexity index is 1080. The zero-order valence-electron chi connectivity index (χ0n) is 16.9. The van der Waals surface area contributed by atoms with Crippen molar-refractivity contribution in [1.29, 1.82) is 0 Å². The van der Waals surface area contributed by atoms with E-state index in [0.717, 1.165) is 42.9 Å². The highest BCUT2D eigenvalue weighted by Gasteiger charge is 2.54. The summed E-state index contributed by atoms with van der Waals surface area (Å²) in [6, 6.07) is 15.3. The molecule has 2 aromatic carbocycles. The van der Waals surface area contributed by atoms with Gasteiger partial charge in [0.15, 0.2) is 0 Å². The quantitative estimate of drug-likeness (QED) is 0.318. The van der Waals surface area contributed by atoms with Crippen LogP contribution in [-0.2, 0) is 13.2 Å². The maximum atomic E-state index is 13.2. The number of thiophene rings is 1. The number of aliphatic hydroxyl groups is 2. The van der Waals surface area contributed by atoms with E-state index in [1.54, 1.807) is 0 Å². The summed E-state index contributed by atoms with van der Waals surface area (Å²) in [5.74, 6) is 5.86. The van der Waals surface area contributed by atoms with Crippen LogP contribution in [0.4, 0.5) is 13.2 Å². The topological polar surface area (TPSA) is 95.7 Å². The van der Waals surface area contributed by atoms with E-state index < -0.39 is 23.9 Å². The second-order valence-corrected chi connectivity index (χ2v) is 8.36. The third-order valence-corrected chi connectivity index (χ3v) is 6.30. The summed E-state index contributed by atoms with van der Waals surface area (Å²) in [4.78, 5) is 0.824. The van der Waals surface area contributed by atoms with Crippen LogP contribution >= 0.6 is 11.3 Å². The van der Waals surface area contributed by atoms with Gasteiger partial charge in [-0.1, -0.05) is 49.4 Å². The molecule has 0 bridgehead atoms. The molecule has 0 radical (unpaired) electrons. The first-order chi connectivity index (χ1) is 14.6. The van der Waals surface area contributed by atoms with E-state index in [0.29, 0.717) is 0 Å². The van der Waals surface area contributed by atoms with Gasteiger partial charge >= 0.3 is 6.18 Å². The van der Waals surface area contributed by atoms with Gasteiger partial charge in [-0.15, -0.1) is 11.3 Å². The number of halogens is 3. The highest BCUT2D eigenvalue weighted by molar-refractivity contribution is 7.19. The molecule has 9 heteroatoms. The van der Waals surface area contributed by atoms with Crippen molar-refractivity contribution >= 4 is 21.4 Å². The van der Waals surface area contributed by atoms with Crippen LogP contribution in [0.2, 0.25) is 0 Å². The SMILES string of the molecule is CCC(O)(/C(N)=C/N(N)Cc1ccc2c(-c3ccccc3)c(CO)sc2c1)C(F)(F)F. The van der Waals surface area contributed by atoms with Crippen molar-refractivity contribution in [1.82, 2.24) is 5.01 Å². The Labute approximate surface area is 182 Å². The Hall–Kier alpha value is -2.59. The molecule has 0 saturated carbocycles. The molecule has 1 atom stereocenters. The summed E-state index contributed by atoms with van der Waals surface area (Å²) >= 11 is 1.45. The van der Waals surface area contributed by atoms with Crippen molar-refractivity contribution in [3.63, 3.8) is 0 Å². The van der Waals surface area contributed by atoms with Gasteiger partial charge in [-0.2, -0.15) is 13.2 Å². The smallest absolute Gasteiger partial charge is 0.398 e. The second kappa shape index (κ2) is 8.88. The van der Waals surface area contributed by atoms with E-state index in [9.17, 15) is 23.4 Å². The first kappa shape index (κ1) is 23.1. The molecule has 3 rings (SSSR count). The van der Waals surface area contributed by atoms with E-state index in [4.69, 9.17) is 11.6 Å². The standard InChI is InChI=1S/C22H24F3N3O2S/c1-2-21(30,22(23,24)25)19(26)12-28(27)11-14-8-9-16-17(10-14)31-18(13-29)20(16)15-6-4-3-5-7-15/h3-10,12,29-30H,2,11,13,26-27H2,1H3/b19-12-. The van der Waals surface area contributed by atoms with Gasteiger partial charge in [-0.05, 0) is 23.6 Å². The van der Waals surface area contributed by atoms with E-state index in [1.165, 1.54) is 18.3 Å². The van der Waals surface area contributed by atoms with Crippen molar-refractivity contribution in [2.75, 3.05) is 0 Å². The minimum atomic E-state index is -4.91. The van der Waals surface area contributed by atoms with Gasteiger partial charge < -0.3 is 21.0 Å². The number of alkyl halides is 3. The lowest BCUT2D eigenvalue weighted by molar-refractivity contribution is -0.245. The Kier molecular flexibility index (Phi) is 6.61. The number of hydrogen-bond acceptors (Lipinski definition) is 6. The fourth-order valence-electron chi connectivity index (χ4n) is 3.43. The van der Waals surface area contributed by atoms with E-state index >= 15 is 0 Å².